The predicted octanol–water partition coefficient (Wildman–Crippen LogP) is 2.78. The van der Waals surface area contributed by atoms with Crippen molar-refractivity contribution < 1.29 is 14.3 Å². The van der Waals surface area contributed by atoms with E-state index in [2.05, 4.69) is 5.32 Å². The molecule has 6 heteroatoms. The van der Waals surface area contributed by atoms with Crippen LogP contribution in [0.3, 0.4) is 0 Å². The number of nitrogens with one attached hydrogen (secondary N) is 1. The van der Waals surface area contributed by atoms with Crippen molar-refractivity contribution in [2.75, 3.05) is 5.32 Å². The lowest BCUT2D eigenvalue weighted by atomic mass is 10.2. The number of hydrogen-bond donors (Lipinski definition) is 2. The van der Waals surface area contributed by atoms with Gasteiger partial charge in [-0.2, -0.15) is 0 Å². The Morgan fingerprint density at radius 1 is 1.44 bits per heavy atom. The van der Waals surface area contributed by atoms with E-state index in [0.717, 1.165) is 6.07 Å². The molecular weight excluding hydrogens is 259 g/mol. The Hall–Kier alpha value is -2.01. The minimum absolute atomic E-state index is 0.257. The highest BCUT2D eigenvalue weighted by atomic mass is 35.5. The molecule has 0 unspecified atom stereocenters. The number of halogens is 2. The van der Waals surface area contributed by atoms with Gasteiger partial charge in [0.15, 0.2) is 11.6 Å². The zero-order valence-electron chi connectivity index (χ0n) is 9.45. The van der Waals surface area contributed by atoms with Crippen LogP contribution in [-0.2, 0) is 7.05 Å². The number of phenolic OH excluding ortho intramolecular Hbond substituents is 1. The number of phenols is 1. The Labute approximate surface area is 108 Å². The fourth-order valence-corrected chi connectivity index (χ4v) is 1.78. The lowest BCUT2D eigenvalue weighted by molar-refractivity contribution is 0.101. The Balaban J connectivity index is 2.21. The zero-order chi connectivity index (χ0) is 13.3. The molecule has 0 aliphatic heterocycles. The highest BCUT2D eigenvalue weighted by Gasteiger charge is 2.12. The van der Waals surface area contributed by atoms with Crippen molar-refractivity contribution in [1.82, 2.24) is 4.57 Å². The third-order valence-corrected chi connectivity index (χ3v) is 2.62. The maximum Gasteiger partial charge on any atom is 0.272 e. The fourth-order valence-electron chi connectivity index (χ4n) is 1.53. The summed E-state index contributed by atoms with van der Waals surface area (Å²) in [7, 11) is 1.68. The van der Waals surface area contributed by atoms with Crippen LogP contribution in [-0.4, -0.2) is 15.6 Å². The standard InChI is InChI=1S/C12H10ClFN2O2/c1-16-6-7(13)4-10(16)12(18)15-8-2-3-11(17)9(14)5-8/h2-6,17H,1H3,(H,15,18). The summed E-state index contributed by atoms with van der Waals surface area (Å²) in [4.78, 5) is 11.9. The minimum atomic E-state index is -0.794. The number of carbonyl (C=O) groups excluding carboxylic acids is 1. The second-order valence-corrected chi connectivity index (χ2v) is 4.21. The van der Waals surface area contributed by atoms with Gasteiger partial charge in [0.05, 0.1) is 5.02 Å². The molecule has 1 amide bonds. The molecule has 2 rings (SSSR count). The summed E-state index contributed by atoms with van der Waals surface area (Å²) in [5.41, 5.74) is 0.612. The van der Waals surface area contributed by atoms with E-state index in [-0.39, 0.29) is 5.69 Å². The topological polar surface area (TPSA) is 54.3 Å². The van der Waals surface area contributed by atoms with E-state index in [1.807, 2.05) is 0 Å². The van der Waals surface area contributed by atoms with Crippen LogP contribution in [0.2, 0.25) is 5.02 Å². The monoisotopic (exact) mass is 268 g/mol. The van der Waals surface area contributed by atoms with Crippen molar-refractivity contribution in [2.24, 2.45) is 7.05 Å². The van der Waals surface area contributed by atoms with Gasteiger partial charge in [-0.1, -0.05) is 11.6 Å². The molecule has 94 valence electrons. The number of nitrogens with zero attached hydrogens (tertiary/aromatic N) is 1. The third-order valence-electron chi connectivity index (χ3n) is 2.41. The number of aromatic hydroxyl groups is 1. The number of hydrogen-bond acceptors (Lipinski definition) is 2. The molecule has 0 saturated heterocycles. The molecule has 2 aromatic rings. The molecule has 0 spiro atoms. The largest absolute Gasteiger partial charge is 0.505 e. The SMILES string of the molecule is Cn1cc(Cl)cc1C(=O)Nc1ccc(O)c(F)c1. The third kappa shape index (κ3) is 2.46. The van der Waals surface area contributed by atoms with Crippen LogP contribution >= 0.6 is 11.6 Å². The molecule has 0 atom stereocenters. The van der Waals surface area contributed by atoms with Crippen molar-refractivity contribution in [2.45, 2.75) is 0 Å². The minimum Gasteiger partial charge on any atom is -0.505 e. The maximum atomic E-state index is 13.1. The van der Waals surface area contributed by atoms with Crippen LogP contribution in [0, 0.1) is 5.82 Å². The van der Waals surface area contributed by atoms with Gasteiger partial charge < -0.3 is 15.0 Å². The van der Waals surface area contributed by atoms with Gasteiger partial charge in [-0.05, 0) is 18.2 Å². The smallest absolute Gasteiger partial charge is 0.272 e. The number of anilines is 1. The number of aryl methyl sites for hydroxylation is 1. The number of carbonyl (C=O) groups is 1. The van der Waals surface area contributed by atoms with Crippen molar-refractivity contribution in [3.8, 4) is 5.75 Å². The van der Waals surface area contributed by atoms with Crippen LogP contribution < -0.4 is 5.32 Å². The Morgan fingerprint density at radius 2 is 2.17 bits per heavy atom. The quantitative estimate of drug-likeness (QED) is 0.823. The van der Waals surface area contributed by atoms with Crippen molar-refractivity contribution in [3.63, 3.8) is 0 Å². The van der Waals surface area contributed by atoms with Gasteiger partial charge in [0.1, 0.15) is 5.69 Å². The average molecular weight is 269 g/mol. The number of aromatic nitrogens is 1. The highest BCUT2D eigenvalue weighted by molar-refractivity contribution is 6.31. The highest BCUT2D eigenvalue weighted by Crippen LogP contribution is 2.20. The molecular formula is C12H10ClFN2O2. The molecule has 0 radical (unpaired) electrons. The van der Waals surface area contributed by atoms with Gasteiger partial charge in [0, 0.05) is 25.0 Å². The van der Waals surface area contributed by atoms with Crippen LogP contribution in [0.15, 0.2) is 30.5 Å². The van der Waals surface area contributed by atoms with E-state index >= 15 is 0 Å². The number of rotatable bonds is 2. The molecule has 0 saturated carbocycles. The van der Waals surface area contributed by atoms with E-state index in [4.69, 9.17) is 16.7 Å². The van der Waals surface area contributed by atoms with Crippen molar-refractivity contribution >= 4 is 23.2 Å². The van der Waals surface area contributed by atoms with E-state index in [1.165, 1.54) is 18.2 Å². The second-order valence-electron chi connectivity index (χ2n) is 3.77. The summed E-state index contributed by atoms with van der Waals surface area (Å²) in [6, 6.07) is 5.12. The first-order valence-corrected chi connectivity index (χ1v) is 5.47. The first-order chi connectivity index (χ1) is 8.47. The molecule has 0 aliphatic rings. The molecule has 1 aromatic heterocycles. The molecule has 1 heterocycles. The van der Waals surface area contributed by atoms with Gasteiger partial charge in [0.25, 0.3) is 5.91 Å². The summed E-state index contributed by atoms with van der Waals surface area (Å²) in [6.07, 6.45) is 1.59. The first kappa shape index (κ1) is 12.4. The Bertz CT molecular complexity index is 610. The fraction of sp³-hybridized carbons (Fsp3) is 0.0833. The molecule has 0 fully saturated rings. The van der Waals surface area contributed by atoms with Crippen LogP contribution in [0.25, 0.3) is 0 Å². The number of amides is 1. The lowest BCUT2D eigenvalue weighted by Gasteiger charge is -2.06. The molecule has 18 heavy (non-hydrogen) atoms. The Morgan fingerprint density at radius 3 is 2.72 bits per heavy atom. The zero-order valence-corrected chi connectivity index (χ0v) is 10.2. The van der Waals surface area contributed by atoms with Gasteiger partial charge in [-0.3, -0.25) is 4.79 Å². The van der Waals surface area contributed by atoms with Gasteiger partial charge in [-0.25, -0.2) is 4.39 Å². The summed E-state index contributed by atoms with van der Waals surface area (Å²) >= 11 is 5.76. The Kier molecular flexibility index (Phi) is 3.25. The van der Waals surface area contributed by atoms with Crippen LogP contribution in [0.1, 0.15) is 10.5 Å². The summed E-state index contributed by atoms with van der Waals surface area (Å²) in [5, 5.41) is 12.0. The second kappa shape index (κ2) is 4.70. The molecule has 0 bridgehead atoms. The van der Waals surface area contributed by atoms with Crippen LogP contribution in [0.5, 0.6) is 5.75 Å². The normalized spacial score (nSPS) is 10.4. The van der Waals surface area contributed by atoms with E-state index in [0.29, 0.717) is 10.7 Å². The summed E-state index contributed by atoms with van der Waals surface area (Å²) in [6.45, 7) is 0. The predicted molar refractivity (Wildman–Crippen MR) is 66.4 cm³/mol. The summed E-state index contributed by atoms with van der Waals surface area (Å²) in [5.74, 6) is -1.66. The van der Waals surface area contributed by atoms with Gasteiger partial charge in [0.2, 0.25) is 0 Å². The van der Waals surface area contributed by atoms with Crippen molar-refractivity contribution in [3.05, 3.63) is 47.0 Å². The first-order valence-electron chi connectivity index (χ1n) is 5.09. The maximum absolute atomic E-state index is 13.1. The average Bonchev–Trinajstić information content (AvgIpc) is 2.63. The number of benzene rings is 1. The van der Waals surface area contributed by atoms with Gasteiger partial charge >= 0.3 is 0 Å². The molecule has 4 nitrogen and oxygen atoms in total. The van der Waals surface area contributed by atoms with Gasteiger partial charge in [-0.15, -0.1) is 0 Å². The molecule has 2 N–H and O–H groups in total. The molecule has 0 aliphatic carbocycles. The summed E-state index contributed by atoms with van der Waals surface area (Å²) < 4.78 is 14.7. The molecule has 1 aromatic carbocycles. The van der Waals surface area contributed by atoms with E-state index < -0.39 is 17.5 Å². The van der Waals surface area contributed by atoms with Crippen LogP contribution in [0.4, 0.5) is 10.1 Å². The van der Waals surface area contributed by atoms with E-state index in [1.54, 1.807) is 17.8 Å². The lowest BCUT2D eigenvalue weighted by Crippen LogP contribution is -2.15. The van der Waals surface area contributed by atoms with Crippen molar-refractivity contribution in [1.29, 1.82) is 0 Å². The van der Waals surface area contributed by atoms with E-state index in [9.17, 15) is 9.18 Å².